The van der Waals surface area contributed by atoms with Crippen molar-refractivity contribution in [1.29, 1.82) is 0 Å². The van der Waals surface area contributed by atoms with E-state index in [4.69, 9.17) is 0 Å². The van der Waals surface area contributed by atoms with Gasteiger partial charge in [0.2, 0.25) is 10.0 Å². The number of sulfonamides is 1. The van der Waals surface area contributed by atoms with E-state index in [1.807, 2.05) is 11.8 Å². The molecule has 0 spiro atoms. The number of aromatic carboxylic acids is 1. The number of rotatable bonds is 6. The van der Waals surface area contributed by atoms with Crippen LogP contribution >= 0.6 is 11.8 Å². The fraction of sp³-hybridized carbons (Fsp3) is 0.615. The zero-order valence-electron chi connectivity index (χ0n) is 11.5. The van der Waals surface area contributed by atoms with Gasteiger partial charge in [0.15, 0.2) is 0 Å². The normalized spacial score (nSPS) is 22.6. The van der Waals surface area contributed by atoms with Gasteiger partial charge < -0.3 is 9.67 Å². The van der Waals surface area contributed by atoms with Crippen molar-refractivity contribution in [2.45, 2.75) is 30.2 Å². The third-order valence-corrected chi connectivity index (χ3v) is 6.50. The maximum atomic E-state index is 12.3. The second-order valence-electron chi connectivity index (χ2n) is 5.59. The van der Waals surface area contributed by atoms with Crippen molar-refractivity contribution < 1.29 is 18.3 Å². The van der Waals surface area contributed by atoms with Crippen LogP contribution in [-0.4, -0.2) is 42.1 Å². The molecule has 2 fully saturated rings. The van der Waals surface area contributed by atoms with Gasteiger partial charge in [0.05, 0.1) is 0 Å². The molecule has 2 N–H and O–H groups in total. The van der Waals surface area contributed by atoms with Gasteiger partial charge >= 0.3 is 5.97 Å². The standard InChI is InChI=1S/C13H18N2O4S2/c16-13(17)12-5-11(7-15(12)10-1-2-10)21(18,19)14-6-9-3-4-20-8-9/h5,7,9-10,14H,1-4,6,8H2,(H,16,17). The van der Waals surface area contributed by atoms with E-state index in [2.05, 4.69) is 4.72 Å². The minimum atomic E-state index is -3.63. The third-order valence-electron chi connectivity index (χ3n) is 3.88. The Balaban J connectivity index is 1.77. The molecule has 1 unspecified atom stereocenters. The van der Waals surface area contributed by atoms with E-state index in [-0.39, 0.29) is 16.6 Å². The van der Waals surface area contributed by atoms with Crippen LogP contribution in [0.25, 0.3) is 0 Å². The van der Waals surface area contributed by atoms with Gasteiger partial charge in [0.25, 0.3) is 0 Å². The van der Waals surface area contributed by atoms with E-state index in [0.29, 0.717) is 12.5 Å². The average molecular weight is 330 g/mol. The van der Waals surface area contributed by atoms with Gasteiger partial charge in [-0.25, -0.2) is 17.9 Å². The highest BCUT2D eigenvalue weighted by atomic mass is 32.2. The smallest absolute Gasteiger partial charge is 0.352 e. The lowest BCUT2D eigenvalue weighted by Gasteiger charge is -2.09. The molecule has 1 aliphatic carbocycles. The first kappa shape index (κ1) is 14.9. The van der Waals surface area contributed by atoms with Gasteiger partial charge in [0, 0.05) is 18.8 Å². The number of carboxylic acids is 1. The number of carbonyl (C=O) groups is 1. The first-order valence-electron chi connectivity index (χ1n) is 7.00. The van der Waals surface area contributed by atoms with Gasteiger partial charge in [0.1, 0.15) is 10.6 Å². The first-order chi connectivity index (χ1) is 9.97. The number of hydrogen-bond donors (Lipinski definition) is 2. The predicted molar refractivity (Wildman–Crippen MR) is 80.3 cm³/mol. The van der Waals surface area contributed by atoms with Crippen LogP contribution in [0.1, 0.15) is 35.8 Å². The minimum Gasteiger partial charge on any atom is -0.477 e. The van der Waals surface area contributed by atoms with Gasteiger partial charge in [-0.05, 0) is 42.8 Å². The molecule has 0 amide bonds. The van der Waals surface area contributed by atoms with Gasteiger partial charge in [-0.1, -0.05) is 0 Å². The molecular weight excluding hydrogens is 312 g/mol. The molecule has 0 aromatic carbocycles. The lowest BCUT2D eigenvalue weighted by molar-refractivity contribution is 0.0685. The SMILES string of the molecule is O=C(O)c1cc(S(=O)(=O)NCC2CCSC2)cn1C1CC1. The maximum Gasteiger partial charge on any atom is 0.352 e. The van der Waals surface area contributed by atoms with Crippen LogP contribution in [-0.2, 0) is 10.0 Å². The minimum absolute atomic E-state index is 0.0503. The zero-order valence-corrected chi connectivity index (χ0v) is 13.1. The molecule has 1 atom stereocenters. The quantitative estimate of drug-likeness (QED) is 0.826. The monoisotopic (exact) mass is 330 g/mol. The number of carboxylic acid groups (broad SMARTS) is 1. The first-order valence-corrected chi connectivity index (χ1v) is 9.64. The molecule has 2 heterocycles. The summed E-state index contributed by atoms with van der Waals surface area (Å²) in [7, 11) is -3.63. The largest absolute Gasteiger partial charge is 0.477 e. The summed E-state index contributed by atoms with van der Waals surface area (Å²) in [5.41, 5.74) is 0.0503. The summed E-state index contributed by atoms with van der Waals surface area (Å²) in [6, 6.07) is 1.39. The van der Waals surface area contributed by atoms with Crippen molar-refractivity contribution >= 4 is 27.8 Å². The average Bonchev–Trinajstić information content (AvgIpc) is 2.97. The van der Waals surface area contributed by atoms with Crippen LogP contribution in [0.15, 0.2) is 17.2 Å². The number of thioether (sulfide) groups is 1. The van der Waals surface area contributed by atoms with Crippen LogP contribution in [0.5, 0.6) is 0 Å². The third kappa shape index (κ3) is 3.27. The van der Waals surface area contributed by atoms with Crippen LogP contribution < -0.4 is 4.72 Å². The Hall–Kier alpha value is -0.990. The fourth-order valence-corrected chi connectivity index (χ4v) is 4.91. The Morgan fingerprint density at radius 2 is 2.19 bits per heavy atom. The highest BCUT2D eigenvalue weighted by molar-refractivity contribution is 7.99. The Labute approximate surface area is 128 Å². The van der Waals surface area contributed by atoms with Crippen molar-refractivity contribution in [3.05, 3.63) is 18.0 Å². The van der Waals surface area contributed by atoms with Gasteiger partial charge in [-0.15, -0.1) is 0 Å². The molecule has 2 aliphatic rings. The van der Waals surface area contributed by atoms with E-state index in [0.717, 1.165) is 30.8 Å². The van der Waals surface area contributed by atoms with E-state index in [9.17, 15) is 18.3 Å². The molecule has 1 aromatic heterocycles. The summed E-state index contributed by atoms with van der Waals surface area (Å²) >= 11 is 1.83. The van der Waals surface area contributed by atoms with Gasteiger partial charge in [-0.3, -0.25) is 0 Å². The topological polar surface area (TPSA) is 88.4 Å². The molecule has 1 aromatic rings. The molecule has 1 saturated carbocycles. The fourth-order valence-electron chi connectivity index (χ4n) is 2.48. The molecule has 3 rings (SSSR count). The molecule has 116 valence electrons. The lowest BCUT2D eigenvalue weighted by Crippen LogP contribution is -2.29. The molecule has 0 radical (unpaired) electrons. The summed E-state index contributed by atoms with van der Waals surface area (Å²) in [6.45, 7) is 0.423. The van der Waals surface area contributed by atoms with Crippen LogP contribution in [0.4, 0.5) is 0 Å². The maximum absolute atomic E-state index is 12.3. The molecule has 1 saturated heterocycles. The highest BCUT2D eigenvalue weighted by Crippen LogP contribution is 2.37. The van der Waals surface area contributed by atoms with Crippen molar-refractivity contribution in [2.24, 2.45) is 5.92 Å². The molecule has 21 heavy (non-hydrogen) atoms. The number of nitrogens with zero attached hydrogens (tertiary/aromatic N) is 1. The van der Waals surface area contributed by atoms with Crippen molar-refractivity contribution in [2.75, 3.05) is 18.1 Å². The summed E-state index contributed by atoms with van der Waals surface area (Å²) < 4.78 is 28.8. The Bertz CT molecular complexity index is 643. The van der Waals surface area contributed by atoms with E-state index >= 15 is 0 Å². The van der Waals surface area contributed by atoms with Crippen LogP contribution in [0, 0.1) is 5.92 Å². The second-order valence-corrected chi connectivity index (χ2v) is 8.50. The molecule has 8 heteroatoms. The number of nitrogens with one attached hydrogen (secondary N) is 1. The van der Waals surface area contributed by atoms with Crippen molar-refractivity contribution in [1.82, 2.24) is 9.29 Å². The van der Waals surface area contributed by atoms with E-state index in [1.54, 1.807) is 4.57 Å². The van der Waals surface area contributed by atoms with Crippen molar-refractivity contribution in [3.8, 4) is 0 Å². The molecule has 0 bridgehead atoms. The predicted octanol–water partition coefficient (Wildman–Crippen LogP) is 1.55. The molecule has 1 aliphatic heterocycles. The summed E-state index contributed by atoms with van der Waals surface area (Å²) in [5, 5.41) is 9.19. The Morgan fingerprint density at radius 3 is 2.76 bits per heavy atom. The van der Waals surface area contributed by atoms with Crippen molar-refractivity contribution in [3.63, 3.8) is 0 Å². The summed E-state index contributed by atoms with van der Waals surface area (Å²) in [4.78, 5) is 11.3. The van der Waals surface area contributed by atoms with Gasteiger partial charge in [-0.2, -0.15) is 11.8 Å². The number of aromatic nitrogens is 1. The van der Waals surface area contributed by atoms with Crippen LogP contribution in [0.2, 0.25) is 0 Å². The second kappa shape index (κ2) is 5.66. The number of hydrogen-bond acceptors (Lipinski definition) is 4. The van der Waals surface area contributed by atoms with Crippen LogP contribution in [0.3, 0.4) is 0 Å². The summed E-state index contributed by atoms with van der Waals surface area (Å²) in [5.74, 6) is 1.34. The summed E-state index contributed by atoms with van der Waals surface area (Å²) in [6.07, 6.45) is 4.28. The molecule has 6 nitrogen and oxygen atoms in total. The zero-order chi connectivity index (χ0) is 15.0. The van der Waals surface area contributed by atoms with E-state index in [1.165, 1.54) is 12.3 Å². The highest BCUT2D eigenvalue weighted by Gasteiger charge is 2.30. The molecular formula is C13H18N2O4S2. The lowest BCUT2D eigenvalue weighted by atomic mass is 10.1. The Morgan fingerprint density at radius 1 is 1.43 bits per heavy atom. The Kier molecular flexibility index (Phi) is 4.02. The van der Waals surface area contributed by atoms with E-state index < -0.39 is 16.0 Å².